The second-order valence-corrected chi connectivity index (χ2v) is 7.47. The first-order valence-electron chi connectivity index (χ1n) is 9.81. The normalized spacial score (nSPS) is 14.3. The van der Waals surface area contributed by atoms with Crippen molar-refractivity contribution in [3.05, 3.63) is 35.9 Å². The fourth-order valence-corrected chi connectivity index (χ4v) is 2.77. The molecule has 0 bridgehead atoms. The van der Waals surface area contributed by atoms with Crippen LogP contribution in [0.15, 0.2) is 30.3 Å². The molecule has 1 aromatic carbocycles. The number of nitrogens with one attached hydrogen (secondary N) is 3. The standard InChI is InChI=1S/C20H28N4O7S/c1-11(20(30)31)22-18(28)14(7-8-16(25)26)23-19(29)15(24-17(27)13(21)10-32)9-12-5-3-2-4-6-12/h2-6,11,13-15,32H,7-10,21H2,1H3,(H,22,28)(H,23,29)(H,24,27)(H,25,26)(H,30,31). The van der Waals surface area contributed by atoms with E-state index in [0.717, 1.165) is 5.56 Å². The topological polar surface area (TPSA) is 188 Å². The highest BCUT2D eigenvalue weighted by atomic mass is 32.1. The van der Waals surface area contributed by atoms with Crippen LogP contribution in [0, 0.1) is 0 Å². The zero-order valence-electron chi connectivity index (χ0n) is 17.5. The second kappa shape index (κ2) is 13.3. The first-order chi connectivity index (χ1) is 15.0. The molecule has 4 unspecified atom stereocenters. The molecule has 1 aromatic rings. The third-order valence-electron chi connectivity index (χ3n) is 4.46. The molecule has 32 heavy (non-hydrogen) atoms. The van der Waals surface area contributed by atoms with Crippen molar-refractivity contribution >= 4 is 42.3 Å². The average molecular weight is 469 g/mol. The van der Waals surface area contributed by atoms with Gasteiger partial charge in [0.2, 0.25) is 17.7 Å². The van der Waals surface area contributed by atoms with E-state index in [1.165, 1.54) is 6.92 Å². The Bertz CT molecular complexity index is 821. The minimum absolute atomic E-state index is 0.0439. The number of carbonyl (C=O) groups is 5. The Labute approximate surface area is 190 Å². The van der Waals surface area contributed by atoms with Gasteiger partial charge >= 0.3 is 11.9 Å². The summed E-state index contributed by atoms with van der Waals surface area (Å²) in [5.74, 6) is -4.67. The molecular weight excluding hydrogens is 440 g/mol. The average Bonchev–Trinajstić information content (AvgIpc) is 2.75. The van der Waals surface area contributed by atoms with Crippen molar-refractivity contribution in [1.29, 1.82) is 0 Å². The first kappa shape index (κ1) is 26.9. The number of rotatable bonds is 13. The number of amides is 3. The van der Waals surface area contributed by atoms with E-state index in [0.29, 0.717) is 0 Å². The minimum Gasteiger partial charge on any atom is -0.481 e. The van der Waals surface area contributed by atoms with Crippen LogP contribution in [-0.4, -0.2) is 69.8 Å². The summed E-state index contributed by atoms with van der Waals surface area (Å²) in [5, 5.41) is 25.1. The van der Waals surface area contributed by atoms with Gasteiger partial charge in [-0.2, -0.15) is 12.6 Å². The zero-order valence-corrected chi connectivity index (χ0v) is 18.4. The second-order valence-electron chi connectivity index (χ2n) is 7.10. The van der Waals surface area contributed by atoms with Gasteiger partial charge in [0, 0.05) is 18.6 Å². The van der Waals surface area contributed by atoms with Crippen molar-refractivity contribution in [2.75, 3.05) is 5.75 Å². The van der Waals surface area contributed by atoms with Gasteiger partial charge in [-0.15, -0.1) is 0 Å². The Hall–Kier alpha value is -3.12. The van der Waals surface area contributed by atoms with Crippen LogP contribution in [0.2, 0.25) is 0 Å². The Morgan fingerprint density at radius 1 is 0.938 bits per heavy atom. The number of thiol groups is 1. The summed E-state index contributed by atoms with van der Waals surface area (Å²) in [5.41, 5.74) is 6.39. The molecule has 0 heterocycles. The van der Waals surface area contributed by atoms with Gasteiger partial charge in [0.05, 0.1) is 6.04 Å². The van der Waals surface area contributed by atoms with Crippen LogP contribution < -0.4 is 21.7 Å². The van der Waals surface area contributed by atoms with Crippen molar-refractivity contribution < 1.29 is 34.2 Å². The summed E-state index contributed by atoms with van der Waals surface area (Å²) < 4.78 is 0. The van der Waals surface area contributed by atoms with E-state index in [1.807, 2.05) is 0 Å². The van der Waals surface area contributed by atoms with Gasteiger partial charge in [-0.1, -0.05) is 30.3 Å². The summed E-state index contributed by atoms with van der Waals surface area (Å²) in [6, 6.07) is 4.12. The predicted molar refractivity (Wildman–Crippen MR) is 118 cm³/mol. The number of nitrogens with two attached hydrogens (primary N) is 1. The lowest BCUT2D eigenvalue weighted by Gasteiger charge is -2.24. The number of benzene rings is 1. The third-order valence-corrected chi connectivity index (χ3v) is 4.85. The maximum atomic E-state index is 12.9. The molecule has 0 aliphatic carbocycles. The molecule has 0 aromatic heterocycles. The van der Waals surface area contributed by atoms with Crippen LogP contribution >= 0.6 is 12.6 Å². The van der Waals surface area contributed by atoms with Crippen LogP contribution in [0.3, 0.4) is 0 Å². The van der Waals surface area contributed by atoms with Crippen molar-refractivity contribution in [1.82, 2.24) is 16.0 Å². The van der Waals surface area contributed by atoms with Gasteiger partial charge in [0.25, 0.3) is 0 Å². The fourth-order valence-electron chi connectivity index (χ4n) is 2.61. The molecule has 4 atom stereocenters. The highest BCUT2D eigenvalue weighted by molar-refractivity contribution is 7.80. The lowest BCUT2D eigenvalue weighted by molar-refractivity contribution is -0.142. The van der Waals surface area contributed by atoms with E-state index >= 15 is 0 Å². The molecule has 0 fully saturated rings. The summed E-state index contributed by atoms with van der Waals surface area (Å²) in [6.45, 7) is 1.23. The Morgan fingerprint density at radius 2 is 1.50 bits per heavy atom. The van der Waals surface area contributed by atoms with Gasteiger partial charge < -0.3 is 31.9 Å². The number of carboxylic acids is 2. The van der Waals surface area contributed by atoms with Crippen LogP contribution in [0.5, 0.6) is 0 Å². The zero-order chi connectivity index (χ0) is 24.3. The molecule has 12 heteroatoms. The van der Waals surface area contributed by atoms with Crippen molar-refractivity contribution in [3.63, 3.8) is 0 Å². The van der Waals surface area contributed by atoms with Crippen LogP contribution in [0.1, 0.15) is 25.3 Å². The Balaban J connectivity index is 3.04. The van der Waals surface area contributed by atoms with Gasteiger partial charge in [0.1, 0.15) is 18.1 Å². The molecule has 0 spiro atoms. The molecule has 0 saturated heterocycles. The van der Waals surface area contributed by atoms with Gasteiger partial charge in [-0.05, 0) is 18.9 Å². The monoisotopic (exact) mass is 468 g/mol. The summed E-state index contributed by atoms with van der Waals surface area (Å²) in [4.78, 5) is 59.6. The number of carbonyl (C=O) groups excluding carboxylic acids is 3. The number of hydrogen-bond donors (Lipinski definition) is 7. The van der Waals surface area contributed by atoms with E-state index in [1.54, 1.807) is 30.3 Å². The fraction of sp³-hybridized carbons (Fsp3) is 0.450. The van der Waals surface area contributed by atoms with Gasteiger partial charge in [-0.3, -0.25) is 24.0 Å². The molecule has 3 amide bonds. The predicted octanol–water partition coefficient (Wildman–Crippen LogP) is -1.09. The van der Waals surface area contributed by atoms with Crippen LogP contribution in [-0.2, 0) is 30.4 Å². The summed E-state index contributed by atoms with van der Waals surface area (Å²) in [7, 11) is 0. The van der Waals surface area contributed by atoms with Crippen LogP contribution in [0.25, 0.3) is 0 Å². The van der Waals surface area contributed by atoms with Crippen molar-refractivity contribution in [2.45, 2.75) is 50.4 Å². The SMILES string of the molecule is CC(NC(=O)C(CCC(=O)O)NC(=O)C(Cc1ccccc1)NC(=O)C(N)CS)C(=O)O. The minimum atomic E-state index is -1.32. The lowest BCUT2D eigenvalue weighted by Crippen LogP contribution is -2.57. The van der Waals surface area contributed by atoms with Crippen molar-refractivity contribution in [2.24, 2.45) is 5.73 Å². The third kappa shape index (κ3) is 9.35. The molecule has 0 aliphatic rings. The number of aliphatic carboxylic acids is 2. The largest absolute Gasteiger partial charge is 0.481 e. The highest BCUT2D eigenvalue weighted by Crippen LogP contribution is 2.06. The van der Waals surface area contributed by atoms with Crippen LogP contribution in [0.4, 0.5) is 0 Å². The van der Waals surface area contributed by atoms with Crippen molar-refractivity contribution in [3.8, 4) is 0 Å². The maximum absolute atomic E-state index is 12.9. The van der Waals surface area contributed by atoms with Gasteiger partial charge in [0.15, 0.2) is 0 Å². The quantitative estimate of drug-likeness (QED) is 0.178. The number of carboxylic acid groups (broad SMARTS) is 2. The first-order valence-corrected chi connectivity index (χ1v) is 10.4. The molecule has 7 N–H and O–H groups in total. The molecule has 0 saturated carbocycles. The van der Waals surface area contributed by atoms with E-state index in [9.17, 15) is 24.0 Å². The molecular formula is C20H28N4O7S. The molecule has 11 nitrogen and oxygen atoms in total. The van der Waals surface area contributed by atoms with E-state index in [2.05, 4.69) is 28.6 Å². The molecule has 1 rings (SSSR count). The Morgan fingerprint density at radius 3 is 2.03 bits per heavy atom. The summed E-state index contributed by atoms with van der Waals surface area (Å²) in [6.07, 6.45) is -0.641. The Kier molecular flexibility index (Phi) is 11.2. The molecule has 176 valence electrons. The molecule has 0 radical (unpaired) electrons. The maximum Gasteiger partial charge on any atom is 0.325 e. The number of hydrogen-bond acceptors (Lipinski definition) is 7. The molecule has 0 aliphatic heterocycles. The summed E-state index contributed by atoms with van der Waals surface area (Å²) >= 11 is 3.96. The highest BCUT2D eigenvalue weighted by Gasteiger charge is 2.29. The van der Waals surface area contributed by atoms with E-state index in [-0.39, 0.29) is 18.6 Å². The van der Waals surface area contributed by atoms with E-state index < -0.39 is 60.2 Å². The smallest absolute Gasteiger partial charge is 0.325 e. The van der Waals surface area contributed by atoms with E-state index in [4.69, 9.17) is 15.9 Å². The van der Waals surface area contributed by atoms with Gasteiger partial charge in [-0.25, -0.2) is 0 Å². The lowest BCUT2D eigenvalue weighted by atomic mass is 10.0.